The van der Waals surface area contributed by atoms with Crippen molar-refractivity contribution in [3.63, 3.8) is 0 Å². The number of nitrogens with zero attached hydrogens (tertiary/aromatic N) is 1. The van der Waals surface area contributed by atoms with E-state index in [0.29, 0.717) is 6.04 Å². The first-order valence-electron chi connectivity index (χ1n) is 6.37. The molecule has 1 aromatic carbocycles. The van der Waals surface area contributed by atoms with Crippen molar-refractivity contribution >= 4 is 23.0 Å². The number of rotatable bonds is 2. The first-order valence-corrected chi connectivity index (χ1v) is 6.75. The summed E-state index contributed by atoms with van der Waals surface area (Å²) >= 11 is 6.27. The van der Waals surface area contributed by atoms with Crippen molar-refractivity contribution < 1.29 is 0 Å². The Hall–Kier alpha value is -0.890. The molecule has 0 heterocycles. The molecule has 0 aliphatic heterocycles. The Morgan fingerprint density at radius 1 is 1.29 bits per heavy atom. The van der Waals surface area contributed by atoms with E-state index in [4.69, 9.17) is 17.3 Å². The van der Waals surface area contributed by atoms with E-state index in [9.17, 15) is 0 Å². The van der Waals surface area contributed by atoms with Gasteiger partial charge in [0.25, 0.3) is 0 Å². The van der Waals surface area contributed by atoms with E-state index in [-0.39, 0.29) is 0 Å². The summed E-state index contributed by atoms with van der Waals surface area (Å²) in [5, 5.41) is 0.755. The van der Waals surface area contributed by atoms with E-state index < -0.39 is 0 Å². The largest absolute Gasteiger partial charge is 0.399 e. The van der Waals surface area contributed by atoms with E-state index in [1.807, 2.05) is 18.2 Å². The van der Waals surface area contributed by atoms with Crippen molar-refractivity contribution in [2.75, 3.05) is 17.7 Å². The van der Waals surface area contributed by atoms with Crippen molar-refractivity contribution in [1.29, 1.82) is 0 Å². The standard InChI is InChI=1S/C14H21ClN2/c1-10-5-3-4-6-13(10)17(2)14-8-7-11(16)9-12(14)15/h7-10,13H,3-6,16H2,1-2H3. The minimum absolute atomic E-state index is 0.602. The molecule has 3 heteroatoms. The number of hydrogen-bond acceptors (Lipinski definition) is 2. The molecule has 17 heavy (non-hydrogen) atoms. The molecule has 1 aliphatic carbocycles. The van der Waals surface area contributed by atoms with Crippen molar-refractivity contribution in [2.24, 2.45) is 5.92 Å². The third-order valence-corrected chi connectivity index (χ3v) is 4.22. The van der Waals surface area contributed by atoms with Crippen LogP contribution in [0.1, 0.15) is 32.6 Å². The maximum atomic E-state index is 6.27. The molecule has 0 amide bonds. The average Bonchev–Trinajstić information content (AvgIpc) is 2.29. The molecule has 94 valence electrons. The van der Waals surface area contributed by atoms with E-state index in [1.165, 1.54) is 25.7 Å². The Morgan fingerprint density at radius 2 is 2.00 bits per heavy atom. The summed E-state index contributed by atoms with van der Waals surface area (Å²) in [6, 6.07) is 6.38. The monoisotopic (exact) mass is 252 g/mol. The number of anilines is 2. The van der Waals surface area contributed by atoms with Gasteiger partial charge in [-0.3, -0.25) is 0 Å². The van der Waals surface area contributed by atoms with Crippen LogP contribution in [0.5, 0.6) is 0 Å². The molecule has 0 radical (unpaired) electrons. The van der Waals surface area contributed by atoms with Crippen LogP contribution in [0.2, 0.25) is 5.02 Å². The van der Waals surface area contributed by atoms with Gasteiger partial charge in [-0.05, 0) is 37.0 Å². The molecule has 1 aromatic rings. The molecular formula is C14H21ClN2. The minimum Gasteiger partial charge on any atom is -0.399 e. The lowest BCUT2D eigenvalue weighted by atomic mass is 9.85. The fraction of sp³-hybridized carbons (Fsp3) is 0.571. The Morgan fingerprint density at radius 3 is 2.65 bits per heavy atom. The van der Waals surface area contributed by atoms with Crippen molar-refractivity contribution in [2.45, 2.75) is 38.6 Å². The topological polar surface area (TPSA) is 29.3 Å². The number of hydrogen-bond donors (Lipinski definition) is 1. The molecule has 0 saturated heterocycles. The summed E-state index contributed by atoms with van der Waals surface area (Å²) in [4.78, 5) is 2.33. The van der Waals surface area contributed by atoms with Gasteiger partial charge in [-0.15, -0.1) is 0 Å². The molecule has 2 rings (SSSR count). The zero-order chi connectivity index (χ0) is 12.4. The Balaban J connectivity index is 2.20. The van der Waals surface area contributed by atoms with Crippen LogP contribution >= 0.6 is 11.6 Å². The van der Waals surface area contributed by atoms with Crippen LogP contribution < -0.4 is 10.6 Å². The highest BCUT2D eigenvalue weighted by molar-refractivity contribution is 6.33. The minimum atomic E-state index is 0.602. The normalized spacial score (nSPS) is 24.6. The molecule has 2 nitrogen and oxygen atoms in total. The van der Waals surface area contributed by atoms with Crippen molar-refractivity contribution in [3.8, 4) is 0 Å². The Kier molecular flexibility index (Phi) is 3.82. The molecule has 1 fully saturated rings. The molecule has 0 bridgehead atoms. The molecule has 0 aromatic heterocycles. The highest BCUT2D eigenvalue weighted by atomic mass is 35.5. The summed E-state index contributed by atoms with van der Waals surface area (Å²) < 4.78 is 0. The van der Waals surface area contributed by atoms with Gasteiger partial charge in [0.1, 0.15) is 0 Å². The quantitative estimate of drug-likeness (QED) is 0.808. The van der Waals surface area contributed by atoms with Crippen LogP contribution in [-0.4, -0.2) is 13.1 Å². The first kappa shape index (κ1) is 12.6. The predicted octanol–water partition coefficient (Wildman–Crippen LogP) is 3.94. The fourth-order valence-corrected chi connectivity index (χ4v) is 3.18. The summed E-state index contributed by atoms with van der Waals surface area (Å²) in [6.45, 7) is 2.34. The molecule has 2 unspecified atom stereocenters. The van der Waals surface area contributed by atoms with Crippen LogP contribution in [-0.2, 0) is 0 Å². The van der Waals surface area contributed by atoms with Crippen LogP contribution in [0.3, 0.4) is 0 Å². The molecule has 1 saturated carbocycles. The Bertz CT molecular complexity index is 392. The first-order chi connectivity index (χ1) is 8.09. The third kappa shape index (κ3) is 2.68. The van der Waals surface area contributed by atoms with E-state index in [1.54, 1.807) is 0 Å². The predicted molar refractivity (Wildman–Crippen MR) is 75.7 cm³/mol. The average molecular weight is 253 g/mol. The second kappa shape index (κ2) is 5.18. The van der Waals surface area contributed by atoms with Gasteiger partial charge in [0.2, 0.25) is 0 Å². The summed E-state index contributed by atoms with van der Waals surface area (Å²) in [7, 11) is 2.14. The molecule has 2 atom stereocenters. The zero-order valence-electron chi connectivity index (χ0n) is 10.6. The second-order valence-corrected chi connectivity index (χ2v) is 5.56. The smallest absolute Gasteiger partial charge is 0.0660 e. The lowest BCUT2D eigenvalue weighted by molar-refractivity contribution is 0.322. The number of nitrogens with two attached hydrogens (primary N) is 1. The number of halogens is 1. The van der Waals surface area contributed by atoms with Crippen LogP contribution in [0.25, 0.3) is 0 Å². The van der Waals surface area contributed by atoms with Gasteiger partial charge < -0.3 is 10.6 Å². The SMILES string of the molecule is CC1CCCCC1N(C)c1ccc(N)cc1Cl. The molecule has 1 aliphatic rings. The van der Waals surface area contributed by atoms with Crippen molar-refractivity contribution in [3.05, 3.63) is 23.2 Å². The fourth-order valence-electron chi connectivity index (χ4n) is 2.86. The van der Waals surface area contributed by atoms with Gasteiger partial charge in [-0.2, -0.15) is 0 Å². The van der Waals surface area contributed by atoms with Crippen LogP contribution in [0.4, 0.5) is 11.4 Å². The lowest BCUT2D eigenvalue weighted by Crippen LogP contribution is -2.39. The van der Waals surface area contributed by atoms with Gasteiger partial charge in [0.05, 0.1) is 10.7 Å². The van der Waals surface area contributed by atoms with Crippen molar-refractivity contribution in [1.82, 2.24) is 0 Å². The van der Waals surface area contributed by atoms with Crippen LogP contribution in [0, 0.1) is 5.92 Å². The van der Waals surface area contributed by atoms with Gasteiger partial charge in [0, 0.05) is 18.8 Å². The van der Waals surface area contributed by atoms with E-state index >= 15 is 0 Å². The zero-order valence-corrected chi connectivity index (χ0v) is 11.4. The van der Waals surface area contributed by atoms with Gasteiger partial charge >= 0.3 is 0 Å². The lowest BCUT2D eigenvalue weighted by Gasteiger charge is -2.38. The maximum Gasteiger partial charge on any atom is 0.0660 e. The molecule has 0 spiro atoms. The highest BCUT2D eigenvalue weighted by Gasteiger charge is 2.25. The number of benzene rings is 1. The summed E-state index contributed by atoms with van der Waals surface area (Å²) in [6.07, 6.45) is 5.27. The Labute approximate surface area is 109 Å². The summed E-state index contributed by atoms with van der Waals surface area (Å²) in [5.74, 6) is 0.738. The van der Waals surface area contributed by atoms with Gasteiger partial charge in [0.15, 0.2) is 0 Å². The third-order valence-electron chi connectivity index (χ3n) is 3.92. The highest BCUT2D eigenvalue weighted by Crippen LogP contribution is 2.34. The molecule has 2 N–H and O–H groups in total. The molecular weight excluding hydrogens is 232 g/mol. The van der Waals surface area contributed by atoms with Crippen LogP contribution in [0.15, 0.2) is 18.2 Å². The second-order valence-electron chi connectivity index (χ2n) is 5.15. The van der Waals surface area contributed by atoms with E-state index in [2.05, 4.69) is 18.9 Å². The maximum absolute atomic E-state index is 6.27. The van der Waals surface area contributed by atoms with E-state index in [0.717, 1.165) is 22.3 Å². The van der Waals surface area contributed by atoms with Gasteiger partial charge in [-0.25, -0.2) is 0 Å². The number of nitrogen functional groups attached to an aromatic ring is 1. The van der Waals surface area contributed by atoms with Gasteiger partial charge in [-0.1, -0.05) is 31.4 Å². The summed E-state index contributed by atoms with van der Waals surface area (Å²) in [5.41, 5.74) is 7.55.